The lowest BCUT2D eigenvalue weighted by Gasteiger charge is -2.34. The molecule has 3 heterocycles. The molecule has 1 fully saturated rings. The van der Waals surface area contributed by atoms with Crippen molar-refractivity contribution in [1.82, 2.24) is 20.2 Å². The van der Waals surface area contributed by atoms with Crippen molar-refractivity contribution in [2.24, 2.45) is 0 Å². The first kappa shape index (κ1) is 24.5. The third-order valence-corrected chi connectivity index (χ3v) is 8.46. The monoisotopic (exact) mass is 521 g/mol. The molecular weight excluding hydrogens is 490 g/mol. The normalized spacial score (nSPS) is 14.3. The van der Waals surface area contributed by atoms with E-state index in [1.165, 1.54) is 15.8 Å². The molecule has 1 N–H and O–H groups in total. The van der Waals surface area contributed by atoms with Crippen LogP contribution in [0.15, 0.2) is 72.8 Å². The number of hydrogen-bond donors (Lipinski definition) is 1. The number of aryl methyl sites for hydroxylation is 2. The van der Waals surface area contributed by atoms with Crippen LogP contribution in [0.3, 0.4) is 0 Å². The number of hydrogen-bond acceptors (Lipinski definition) is 6. The minimum absolute atomic E-state index is 0.0560. The molecule has 0 unspecified atom stereocenters. The zero-order valence-corrected chi connectivity index (χ0v) is 22.6. The highest BCUT2D eigenvalue weighted by Crippen LogP contribution is 2.32. The van der Waals surface area contributed by atoms with Crippen molar-refractivity contribution >= 4 is 43.5 Å². The van der Waals surface area contributed by atoms with Crippen LogP contribution >= 0.6 is 11.3 Å². The van der Waals surface area contributed by atoms with Crippen LogP contribution in [0.2, 0.25) is 0 Å². The number of anilines is 1. The van der Waals surface area contributed by atoms with Crippen molar-refractivity contribution in [1.29, 1.82) is 0 Å². The van der Waals surface area contributed by atoms with E-state index < -0.39 is 0 Å². The average molecular weight is 522 g/mol. The fourth-order valence-electron chi connectivity index (χ4n) is 5.21. The zero-order chi connectivity index (χ0) is 26.1. The maximum absolute atomic E-state index is 13.3. The first-order chi connectivity index (χ1) is 18.5. The molecule has 192 valence electrons. The summed E-state index contributed by atoms with van der Waals surface area (Å²) < 4.78 is 1.29. The Balaban J connectivity index is 1.08. The van der Waals surface area contributed by atoms with E-state index in [4.69, 9.17) is 9.97 Å². The minimum Gasteiger partial charge on any atom is -0.351 e. The quantitative estimate of drug-likeness (QED) is 0.312. The van der Waals surface area contributed by atoms with E-state index in [0.29, 0.717) is 12.1 Å². The summed E-state index contributed by atoms with van der Waals surface area (Å²) in [4.78, 5) is 27.8. The summed E-state index contributed by atoms with van der Waals surface area (Å²) in [5.74, 6) is -0.0560. The second kappa shape index (κ2) is 10.5. The molecule has 6 rings (SSSR count). The highest BCUT2D eigenvalue weighted by Gasteiger charge is 2.21. The lowest BCUT2D eigenvalue weighted by Crippen LogP contribution is -2.48. The molecule has 1 saturated heterocycles. The molecule has 1 aliphatic rings. The largest absolute Gasteiger partial charge is 0.351 e. The standard InChI is InChI=1S/C31H31N5OS/c1-21-18-22(2)29-28(19-21)34-31(38-29)36-16-14-35(15-17-36)13-12-32-30(37)25-20-27(23-8-4-3-5-9-23)33-26-11-7-6-10-24(25)26/h3-11,18-20H,12-17H2,1-2H3,(H,32,37). The number of aromatic nitrogens is 2. The van der Waals surface area contributed by atoms with Crippen LogP contribution in [0, 0.1) is 13.8 Å². The van der Waals surface area contributed by atoms with E-state index in [2.05, 4.69) is 41.1 Å². The van der Waals surface area contributed by atoms with Gasteiger partial charge in [-0.2, -0.15) is 0 Å². The predicted octanol–water partition coefficient (Wildman–Crippen LogP) is 5.68. The summed E-state index contributed by atoms with van der Waals surface area (Å²) in [6.07, 6.45) is 0. The van der Waals surface area contributed by atoms with Gasteiger partial charge in [-0.05, 0) is 43.2 Å². The Hall–Kier alpha value is -3.81. The molecular formula is C31H31N5OS. The fraction of sp³-hybridized carbons (Fsp3) is 0.258. The Labute approximate surface area is 226 Å². The number of thiazole rings is 1. The van der Waals surface area contributed by atoms with E-state index in [1.54, 1.807) is 11.3 Å². The number of benzene rings is 3. The van der Waals surface area contributed by atoms with Crippen LogP contribution in [0.5, 0.6) is 0 Å². The van der Waals surface area contributed by atoms with Gasteiger partial charge in [0.15, 0.2) is 5.13 Å². The molecule has 2 aromatic heterocycles. The summed E-state index contributed by atoms with van der Waals surface area (Å²) >= 11 is 1.79. The lowest BCUT2D eigenvalue weighted by atomic mass is 10.0. The first-order valence-electron chi connectivity index (χ1n) is 13.1. The molecule has 1 amide bonds. The van der Waals surface area contributed by atoms with Crippen molar-refractivity contribution in [3.05, 3.63) is 89.5 Å². The zero-order valence-electron chi connectivity index (χ0n) is 21.8. The number of piperazine rings is 1. The average Bonchev–Trinajstić information content (AvgIpc) is 3.38. The van der Waals surface area contributed by atoms with Gasteiger partial charge in [-0.1, -0.05) is 65.9 Å². The molecule has 1 aliphatic heterocycles. The van der Waals surface area contributed by atoms with Crippen molar-refractivity contribution in [3.63, 3.8) is 0 Å². The molecule has 5 aromatic rings. The Morgan fingerprint density at radius 3 is 2.47 bits per heavy atom. The number of nitrogens with one attached hydrogen (secondary N) is 1. The minimum atomic E-state index is -0.0560. The van der Waals surface area contributed by atoms with Crippen LogP contribution in [0.4, 0.5) is 5.13 Å². The Morgan fingerprint density at radius 1 is 0.895 bits per heavy atom. The number of amides is 1. The number of nitrogens with zero attached hydrogens (tertiary/aromatic N) is 4. The summed E-state index contributed by atoms with van der Waals surface area (Å²) in [6.45, 7) is 9.54. The smallest absolute Gasteiger partial charge is 0.252 e. The number of pyridine rings is 1. The van der Waals surface area contributed by atoms with Gasteiger partial charge in [-0.3, -0.25) is 9.69 Å². The van der Waals surface area contributed by atoms with E-state index in [0.717, 1.165) is 65.5 Å². The second-order valence-electron chi connectivity index (χ2n) is 9.95. The van der Waals surface area contributed by atoms with Gasteiger partial charge in [0.2, 0.25) is 0 Å². The highest BCUT2D eigenvalue weighted by atomic mass is 32.1. The van der Waals surface area contributed by atoms with Crippen LogP contribution in [-0.4, -0.2) is 60.0 Å². The molecule has 0 atom stereocenters. The lowest BCUT2D eigenvalue weighted by molar-refractivity contribution is 0.0949. The predicted molar refractivity (Wildman–Crippen MR) is 157 cm³/mol. The van der Waals surface area contributed by atoms with Crippen molar-refractivity contribution in [3.8, 4) is 11.3 Å². The van der Waals surface area contributed by atoms with E-state index in [1.807, 2.05) is 60.7 Å². The number of fused-ring (bicyclic) bond motifs is 2. The van der Waals surface area contributed by atoms with Crippen molar-refractivity contribution in [2.45, 2.75) is 13.8 Å². The van der Waals surface area contributed by atoms with E-state index >= 15 is 0 Å². The maximum atomic E-state index is 13.3. The molecule has 0 radical (unpaired) electrons. The van der Waals surface area contributed by atoms with E-state index in [-0.39, 0.29) is 5.91 Å². The molecule has 0 bridgehead atoms. The summed E-state index contributed by atoms with van der Waals surface area (Å²) in [6, 6.07) is 24.2. The second-order valence-corrected chi connectivity index (χ2v) is 10.9. The van der Waals surface area contributed by atoms with Crippen LogP contribution in [0.25, 0.3) is 32.4 Å². The van der Waals surface area contributed by atoms with Gasteiger partial charge in [-0.25, -0.2) is 9.97 Å². The number of carbonyl (C=O) groups excluding carboxylic acids is 1. The number of carbonyl (C=O) groups is 1. The molecule has 3 aromatic carbocycles. The summed E-state index contributed by atoms with van der Waals surface area (Å²) in [5.41, 5.74) is 6.97. The summed E-state index contributed by atoms with van der Waals surface area (Å²) in [7, 11) is 0. The maximum Gasteiger partial charge on any atom is 0.252 e. The molecule has 0 aliphatic carbocycles. The molecule has 38 heavy (non-hydrogen) atoms. The summed E-state index contributed by atoms with van der Waals surface area (Å²) in [5, 5.41) is 5.14. The third kappa shape index (κ3) is 4.99. The molecule has 0 spiro atoms. The van der Waals surface area contributed by atoms with Crippen LogP contribution in [0.1, 0.15) is 21.5 Å². The van der Waals surface area contributed by atoms with Crippen molar-refractivity contribution < 1.29 is 4.79 Å². The molecule has 0 saturated carbocycles. The first-order valence-corrected chi connectivity index (χ1v) is 14.0. The van der Waals surface area contributed by atoms with E-state index in [9.17, 15) is 4.79 Å². The van der Waals surface area contributed by atoms with Crippen molar-refractivity contribution in [2.75, 3.05) is 44.2 Å². The number of rotatable bonds is 6. The number of para-hydroxylation sites is 1. The highest BCUT2D eigenvalue weighted by molar-refractivity contribution is 7.22. The molecule has 6 nitrogen and oxygen atoms in total. The van der Waals surface area contributed by atoms with Gasteiger partial charge < -0.3 is 10.2 Å². The molecule has 7 heteroatoms. The third-order valence-electron chi connectivity index (χ3n) is 7.20. The van der Waals surface area contributed by atoms with Gasteiger partial charge in [0.05, 0.1) is 27.0 Å². The Morgan fingerprint density at radius 2 is 1.66 bits per heavy atom. The fourth-order valence-corrected chi connectivity index (χ4v) is 6.27. The van der Waals surface area contributed by atoms with Gasteiger partial charge >= 0.3 is 0 Å². The SMILES string of the molecule is Cc1cc(C)c2sc(N3CCN(CCNC(=O)c4cc(-c5ccccc5)nc5ccccc45)CC3)nc2c1. The van der Waals surface area contributed by atoms with Gasteiger partial charge in [0.1, 0.15) is 0 Å². The van der Waals surface area contributed by atoms with Gasteiger partial charge in [-0.15, -0.1) is 0 Å². The Kier molecular flexibility index (Phi) is 6.79. The van der Waals surface area contributed by atoms with Crippen LogP contribution in [-0.2, 0) is 0 Å². The van der Waals surface area contributed by atoms with Crippen LogP contribution < -0.4 is 10.2 Å². The van der Waals surface area contributed by atoms with Gasteiger partial charge in [0, 0.05) is 50.2 Å². The Bertz CT molecular complexity index is 1610. The van der Waals surface area contributed by atoms with Gasteiger partial charge in [0.25, 0.3) is 5.91 Å². The topological polar surface area (TPSA) is 61.4 Å².